The van der Waals surface area contributed by atoms with E-state index in [0.717, 1.165) is 6.54 Å². The number of rotatable bonds is 7. The van der Waals surface area contributed by atoms with Crippen molar-refractivity contribution in [2.45, 2.75) is 12.8 Å². The maximum Gasteiger partial charge on any atom is 0.0606 e. The molecule has 3 rings (SSSR count). The van der Waals surface area contributed by atoms with Crippen LogP contribution in [0.4, 0.5) is 5.69 Å². The van der Waals surface area contributed by atoms with Gasteiger partial charge in [-0.25, -0.2) is 0 Å². The second kappa shape index (κ2) is 8.50. The molecule has 0 heterocycles. The summed E-state index contributed by atoms with van der Waals surface area (Å²) in [7, 11) is 0. The van der Waals surface area contributed by atoms with Gasteiger partial charge in [0.1, 0.15) is 0 Å². The lowest BCUT2D eigenvalue weighted by molar-refractivity contribution is 0.302. The van der Waals surface area contributed by atoms with Gasteiger partial charge in [0.2, 0.25) is 0 Å². The lowest BCUT2D eigenvalue weighted by Crippen LogP contribution is -2.27. The summed E-state index contributed by atoms with van der Waals surface area (Å²) < 4.78 is 0. The van der Waals surface area contributed by atoms with Crippen LogP contribution in [0.1, 0.15) is 29.5 Å². The van der Waals surface area contributed by atoms with Crippen LogP contribution in [-0.4, -0.2) is 24.8 Å². The van der Waals surface area contributed by atoms with Crippen LogP contribution in [0.5, 0.6) is 0 Å². The highest BCUT2D eigenvalue weighted by Gasteiger charge is 2.21. The quantitative estimate of drug-likeness (QED) is 0.635. The number of aliphatic hydroxyl groups is 1. The van der Waals surface area contributed by atoms with Crippen molar-refractivity contribution < 1.29 is 5.11 Å². The Balaban J connectivity index is 2.15. The van der Waals surface area contributed by atoms with Gasteiger partial charge in [-0.05, 0) is 29.7 Å². The smallest absolute Gasteiger partial charge is 0.0606 e. The van der Waals surface area contributed by atoms with Crippen LogP contribution in [0.15, 0.2) is 84.9 Å². The van der Waals surface area contributed by atoms with E-state index in [9.17, 15) is 5.11 Å². The van der Waals surface area contributed by atoms with Crippen molar-refractivity contribution in [2.24, 2.45) is 0 Å². The van der Waals surface area contributed by atoms with E-state index in [2.05, 4.69) is 96.8 Å². The summed E-state index contributed by atoms with van der Waals surface area (Å²) in [5, 5.41) is 9.45. The third kappa shape index (κ3) is 3.92. The fraction of sp³-hybridized carbons (Fsp3) is 0.217. The van der Waals surface area contributed by atoms with Crippen LogP contribution >= 0.6 is 0 Å². The minimum atomic E-state index is 0.156. The predicted octanol–water partition coefficient (Wildman–Crippen LogP) is 4.69. The van der Waals surface area contributed by atoms with Gasteiger partial charge in [0, 0.05) is 24.7 Å². The fourth-order valence-corrected chi connectivity index (χ4v) is 3.43. The molecule has 0 aromatic heterocycles. The molecule has 0 atom stereocenters. The maximum absolute atomic E-state index is 9.45. The highest BCUT2D eigenvalue weighted by molar-refractivity contribution is 5.60. The molecule has 0 fully saturated rings. The van der Waals surface area contributed by atoms with E-state index in [-0.39, 0.29) is 12.5 Å². The van der Waals surface area contributed by atoms with Crippen molar-refractivity contribution >= 4 is 5.69 Å². The molecule has 128 valence electrons. The summed E-state index contributed by atoms with van der Waals surface area (Å²) in [6.45, 7) is 3.80. The SMILES string of the molecule is CCN(CCO)c1ccccc1C(c1ccccc1)c1ccccc1. The van der Waals surface area contributed by atoms with Crippen LogP contribution < -0.4 is 4.90 Å². The molecule has 1 N–H and O–H groups in total. The largest absolute Gasteiger partial charge is 0.395 e. The highest BCUT2D eigenvalue weighted by atomic mass is 16.3. The zero-order valence-electron chi connectivity index (χ0n) is 14.7. The van der Waals surface area contributed by atoms with Gasteiger partial charge in [0.15, 0.2) is 0 Å². The summed E-state index contributed by atoms with van der Waals surface area (Å²) in [5.74, 6) is 0.173. The number of hydrogen-bond donors (Lipinski definition) is 1. The van der Waals surface area contributed by atoms with E-state index in [0.29, 0.717) is 6.54 Å². The molecule has 2 nitrogen and oxygen atoms in total. The first-order valence-electron chi connectivity index (χ1n) is 8.89. The van der Waals surface area contributed by atoms with E-state index in [1.165, 1.54) is 22.4 Å². The average molecular weight is 331 g/mol. The van der Waals surface area contributed by atoms with Crippen LogP contribution in [0, 0.1) is 0 Å². The fourth-order valence-electron chi connectivity index (χ4n) is 3.43. The Labute approximate surface area is 150 Å². The second-order valence-electron chi connectivity index (χ2n) is 6.12. The third-order valence-corrected chi connectivity index (χ3v) is 4.61. The van der Waals surface area contributed by atoms with Crippen molar-refractivity contribution in [3.05, 3.63) is 102 Å². The van der Waals surface area contributed by atoms with Crippen LogP contribution in [0.25, 0.3) is 0 Å². The van der Waals surface area contributed by atoms with Crippen molar-refractivity contribution in [2.75, 3.05) is 24.6 Å². The van der Waals surface area contributed by atoms with E-state index in [4.69, 9.17) is 0 Å². The minimum absolute atomic E-state index is 0.156. The maximum atomic E-state index is 9.45. The molecule has 3 aromatic carbocycles. The number of benzene rings is 3. The van der Waals surface area contributed by atoms with Crippen LogP contribution in [0.3, 0.4) is 0 Å². The minimum Gasteiger partial charge on any atom is -0.395 e. The number of likely N-dealkylation sites (N-methyl/N-ethyl adjacent to an activating group) is 1. The first-order valence-corrected chi connectivity index (χ1v) is 8.89. The molecule has 0 bridgehead atoms. The highest BCUT2D eigenvalue weighted by Crippen LogP contribution is 2.37. The lowest BCUT2D eigenvalue weighted by atomic mass is 9.84. The molecule has 25 heavy (non-hydrogen) atoms. The second-order valence-corrected chi connectivity index (χ2v) is 6.12. The Morgan fingerprint density at radius 1 is 0.760 bits per heavy atom. The van der Waals surface area contributed by atoms with Crippen molar-refractivity contribution in [1.82, 2.24) is 0 Å². The summed E-state index contributed by atoms with van der Waals surface area (Å²) in [6.07, 6.45) is 0. The number of anilines is 1. The van der Waals surface area contributed by atoms with E-state index >= 15 is 0 Å². The summed E-state index contributed by atoms with van der Waals surface area (Å²) in [5.41, 5.74) is 5.02. The molecule has 2 heteroatoms. The van der Waals surface area contributed by atoms with Crippen molar-refractivity contribution in [3.8, 4) is 0 Å². The Morgan fingerprint density at radius 3 is 1.80 bits per heavy atom. The van der Waals surface area contributed by atoms with Gasteiger partial charge in [0.05, 0.1) is 6.61 Å². The van der Waals surface area contributed by atoms with Crippen molar-refractivity contribution in [1.29, 1.82) is 0 Å². The van der Waals surface area contributed by atoms with Gasteiger partial charge in [-0.3, -0.25) is 0 Å². The molecule has 3 aromatic rings. The van der Waals surface area contributed by atoms with Gasteiger partial charge in [-0.2, -0.15) is 0 Å². The molecule has 0 saturated heterocycles. The molecule has 0 saturated carbocycles. The first kappa shape index (κ1) is 17.2. The third-order valence-electron chi connectivity index (χ3n) is 4.61. The van der Waals surface area contributed by atoms with Gasteiger partial charge < -0.3 is 10.0 Å². The average Bonchev–Trinajstić information content (AvgIpc) is 2.69. The van der Waals surface area contributed by atoms with E-state index in [1.54, 1.807) is 0 Å². The van der Waals surface area contributed by atoms with Gasteiger partial charge in [-0.1, -0.05) is 78.9 Å². The van der Waals surface area contributed by atoms with Gasteiger partial charge in [-0.15, -0.1) is 0 Å². The molecule has 0 aliphatic rings. The molecule has 0 spiro atoms. The van der Waals surface area contributed by atoms with Gasteiger partial charge in [0.25, 0.3) is 0 Å². The number of para-hydroxylation sites is 1. The van der Waals surface area contributed by atoms with Crippen molar-refractivity contribution in [3.63, 3.8) is 0 Å². The Morgan fingerprint density at radius 2 is 1.28 bits per heavy atom. The molecule has 0 unspecified atom stereocenters. The summed E-state index contributed by atoms with van der Waals surface area (Å²) >= 11 is 0. The summed E-state index contributed by atoms with van der Waals surface area (Å²) in [4.78, 5) is 2.24. The zero-order chi connectivity index (χ0) is 17.5. The number of nitrogens with zero attached hydrogens (tertiary/aromatic N) is 1. The van der Waals surface area contributed by atoms with E-state index in [1.807, 2.05) is 0 Å². The topological polar surface area (TPSA) is 23.5 Å². The molecule has 0 radical (unpaired) electrons. The molecular formula is C23H25NO. The Kier molecular flexibility index (Phi) is 5.86. The van der Waals surface area contributed by atoms with Crippen LogP contribution in [-0.2, 0) is 0 Å². The lowest BCUT2D eigenvalue weighted by Gasteiger charge is -2.29. The standard InChI is InChI=1S/C23H25NO/c1-2-24(17-18-25)22-16-10-9-15-21(22)23(19-11-5-3-6-12-19)20-13-7-4-8-14-20/h3-16,23,25H,2,17-18H2,1H3. The summed E-state index contributed by atoms with van der Waals surface area (Å²) in [6, 6.07) is 29.8. The Bertz CT molecular complexity index is 731. The molecule has 0 aliphatic carbocycles. The molecule has 0 aliphatic heterocycles. The molecular weight excluding hydrogens is 306 g/mol. The van der Waals surface area contributed by atoms with Crippen LogP contribution in [0.2, 0.25) is 0 Å². The zero-order valence-corrected chi connectivity index (χ0v) is 14.7. The predicted molar refractivity (Wildman–Crippen MR) is 105 cm³/mol. The molecule has 0 amide bonds. The normalized spacial score (nSPS) is 10.8. The first-order chi connectivity index (χ1) is 12.3. The monoisotopic (exact) mass is 331 g/mol. The Hall–Kier alpha value is -2.58. The van der Waals surface area contributed by atoms with E-state index < -0.39 is 0 Å². The number of aliphatic hydroxyl groups excluding tert-OH is 1. The van der Waals surface area contributed by atoms with Gasteiger partial charge >= 0.3 is 0 Å². The number of hydrogen-bond acceptors (Lipinski definition) is 2.